The van der Waals surface area contributed by atoms with Crippen molar-refractivity contribution in [3.05, 3.63) is 24.3 Å². The molecule has 10 nitrogen and oxygen atoms in total. The van der Waals surface area contributed by atoms with Crippen LogP contribution in [0.2, 0.25) is 0 Å². The lowest BCUT2D eigenvalue weighted by molar-refractivity contribution is -0.130. The summed E-state index contributed by atoms with van der Waals surface area (Å²) in [4.78, 5) is 29.9. The van der Waals surface area contributed by atoms with Gasteiger partial charge in [0.05, 0.1) is 12.4 Å². The average Bonchev–Trinajstić information content (AvgIpc) is 3.58. The Morgan fingerprint density at radius 2 is 1.94 bits per heavy atom. The van der Waals surface area contributed by atoms with Crippen LogP contribution < -0.4 is 0 Å². The van der Waals surface area contributed by atoms with Gasteiger partial charge in [0, 0.05) is 32.0 Å². The van der Waals surface area contributed by atoms with Crippen LogP contribution in [0.25, 0.3) is 11.6 Å². The molecule has 4 atom stereocenters. The van der Waals surface area contributed by atoms with Crippen LogP contribution in [-0.2, 0) is 16.0 Å². The maximum absolute atomic E-state index is 12.8. The van der Waals surface area contributed by atoms with Crippen molar-refractivity contribution in [2.24, 2.45) is 11.8 Å². The molecule has 1 aliphatic carbocycles. The Kier molecular flexibility index (Phi) is 7.21. The number of hydrogen-bond acceptors (Lipinski definition) is 8. The summed E-state index contributed by atoms with van der Waals surface area (Å²) in [5, 5.41) is 21.5. The quantitative estimate of drug-likeness (QED) is 0.658. The molecular formula is C22H30N4O6. The number of aryl methyl sites for hydroxylation is 1. The van der Waals surface area contributed by atoms with Crippen molar-refractivity contribution in [3.8, 4) is 11.6 Å². The number of nitrogens with zero attached hydrogens (tertiary/aromatic N) is 4. The molecule has 1 saturated carbocycles. The predicted molar refractivity (Wildman–Crippen MR) is 112 cm³/mol. The Labute approximate surface area is 186 Å². The zero-order chi connectivity index (χ0) is 22.5. The standard InChI is InChI=1S/C21H28N4O4.CH2O2/c26-17-11-15-13-25(12-14(15)10-16(17)24-7-1-2-8-24)20(27)6-5-19-22-21(23-29-19)18-4-3-9-28-18;2-1-3/h3-4,9,14-17,26H,1-2,5-8,10-13H2;1H,(H,2,3)/t14-,15+,16-,17-;/m1./s1. The zero-order valence-corrected chi connectivity index (χ0v) is 18.0. The molecule has 2 N–H and O–H groups in total. The zero-order valence-electron chi connectivity index (χ0n) is 18.0. The molecule has 10 heteroatoms. The first kappa shape index (κ1) is 22.5. The number of aliphatic hydroxyl groups excluding tert-OH is 1. The molecule has 2 saturated heterocycles. The van der Waals surface area contributed by atoms with E-state index in [1.54, 1.807) is 18.4 Å². The number of amides is 1. The third kappa shape index (κ3) is 5.02. The molecular weight excluding hydrogens is 416 g/mol. The molecule has 3 fully saturated rings. The highest BCUT2D eigenvalue weighted by atomic mass is 16.5. The summed E-state index contributed by atoms with van der Waals surface area (Å²) in [5.41, 5.74) is 0. The number of aliphatic hydroxyl groups is 1. The first-order valence-electron chi connectivity index (χ1n) is 11.2. The molecule has 0 bridgehead atoms. The van der Waals surface area contributed by atoms with Crippen LogP contribution in [0.1, 0.15) is 38.0 Å². The fourth-order valence-electron chi connectivity index (χ4n) is 5.31. The van der Waals surface area contributed by atoms with E-state index in [0.29, 0.717) is 42.2 Å². The molecule has 2 aromatic rings. The fraction of sp³-hybridized carbons (Fsp3) is 0.636. The average molecular weight is 447 g/mol. The van der Waals surface area contributed by atoms with Crippen molar-refractivity contribution in [1.29, 1.82) is 0 Å². The van der Waals surface area contributed by atoms with E-state index in [-0.39, 0.29) is 24.5 Å². The maximum atomic E-state index is 12.8. The molecule has 0 aromatic carbocycles. The number of carboxylic acid groups (broad SMARTS) is 1. The van der Waals surface area contributed by atoms with Gasteiger partial charge in [-0.3, -0.25) is 14.5 Å². The van der Waals surface area contributed by atoms with Crippen molar-refractivity contribution in [1.82, 2.24) is 19.9 Å². The summed E-state index contributed by atoms with van der Waals surface area (Å²) in [6.45, 7) is 3.52. The summed E-state index contributed by atoms with van der Waals surface area (Å²) >= 11 is 0. The minimum absolute atomic E-state index is 0.129. The van der Waals surface area contributed by atoms with Crippen molar-refractivity contribution >= 4 is 12.4 Å². The lowest BCUT2D eigenvalue weighted by Crippen LogP contribution is -2.48. The molecule has 4 heterocycles. The van der Waals surface area contributed by atoms with Crippen molar-refractivity contribution in [2.75, 3.05) is 26.2 Å². The number of carbonyl (C=O) groups is 2. The molecule has 0 spiro atoms. The lowest BCUT2D eigenvalue weighted by atomic mass is 9.77. The first-order valence-corrected chi connectivity index (χ1v) is 11.2. The molecule has 1 amide bonds. The highest BCUT2D eigenvalue weighted by molar-refractivity contribution is 5.76. The van der Waals surface area contributed by atoms with Crippen LogP contribution in [0.5, 0.6) is 0 Å². The molecule has 0 radical (unpaired) electrons. The summed E-state index contributed by atoms with van der Waals surface area (Å²) < 4.78 is 10.5. The molecule has 32 heavy (non-hydrogen) atoms. The molecule has 5 rings (SSSR count). The van der Waals surface area contributed by atoms with Gasteiger partial charge < -0.3 is 24.1 Å². The number of rotatable bonds is 5. The van der Waals surface area contributed by atoms with Crippen molar-refractivity contribution < 1.29 is 28.7 Å². The third-order valence-corrected chi connectivity index (χ3v) is 6.83. The predicted octanol–water partition coefficient (Wildman–Crippen LogP) is 1.66. The Morgan fingerprint density at radius 3 is 2.62 bits per heavy atom. The lowest BCUT2D eigenvalue weighted by Gasteiger charge is -2.40. The van der Waals surface area contributed by atoms with Gasteiger partial charge in [0.2, 0.25) is 17.6 Å². The van der Waals surface area contributed by atoms with E-state index in [9.17, 15) is 9.90 Å². The van der Waals surface area contributed by atoms with Crippen LogP contribution in [0.15, 0.2) is 27.3 Å². The van der Waals surface area contributed by atoms with E-state index < -0.39 is 0 Å². The summed E-state index contributed by atoms with van der Waals surface area (Å²) in [6.07, 6.45) is 6.38. The monoisotopic (exact) mass is 446 g/mol. The molecule has 174 valence electrons. The van der Waals surface area contributed by atoms with Gasteiger partial charge >= 0.3 is 0 Å². The Hall–Kier alpha value is -2.72. The highest BCUT2D eigenvalue weighted by Gasteiger charge is 2.44. The van der Waals surface area contributed by atoms with Gasteiger partial charge in [-0.2, -0.15) is 4.98 Å². The van der Waals surface area contributed by atoms with E-state index in [2.05, 4.69) is 15.0 Å². The summed E-state index contributed by atoms with van der Waals surface area (Å²) in [5.74, 6) is 2.46. The van der Waals surface area contributed by atoms with Gasteiger partial charge in [-0.1, -0.05) is 5.16 Å². The first-order chi connectivity index (χ1) is 15.6. The molecule has 3 aliphatic rings. The Morgan fingerprint density at radius 1 is 1.22 bits per heavy atom. The number of fused-ring (bicyclic) bond motifs is 1. The van der Waals surface area contributed by atoms with Gasteiger partial charge in [0.25, 0.3) is 6.47 Å². The molecule has 2 aliphatic heterocycles. The van der Waals surface area contributed by atoms with E-state index in [1.165, 1.54) is 12.8 Å². The third-order valence-electron chi connectivity index (χ3n) is 6.83. The van der Waals surface area contributed by atoms with Crippen LogP contribution >= 0.6 is 0 Å². The number of aromatic nitrogens is 2. The summed E-state index contributed by atoms with van der Waals surface area (Å²) in [6, 6.07) is 3.81. The fourth-order valence-corrected chi connectivity index (χ4v) is 5.31. The minimum Gasteiger partial charge on any atom is -0.483 e. The van der Waals surface area contributed by atoms with Gasteiger partial charge in [0.15, 0.2) is 5.76 Å². The van der Waals surface area contributed by atoms with E-state index in [4.69, 9.17) is 18.8 Å². The van der Waals surface area contributed by atoms with Gasteiger partial charge in [-0.25, -0.2) is 0 Å². The SMILES string of the molecule is O=C(CCc1nc(-c2ccco2)no1)N1C[C@H]2C[C@@H](N3CCCC3)[C@H](O)C[C@H]2C1.O=CO. The number of likely N-dealkylation sites (tertiary alicyclic amines) is 2. The second kappa shape index (κ2) is 10.3. The van der Waals surface area contributed by atoms with Crippen molar-refractivity contribution in [3.63, 3.8) is 0 Å². The van der Waals surface area contributed by atoms with Crippen LogP contribution in [0, 0.1) is 11.8 Å². The Balaban J connectivity index is 0.000000775. The number of hydrogen-bond donors (Lipinski definition) is 2. The largest absolute Gasteiger partial charge is 0.483 e. The second-order valence-corrected chi connectivity index (χ2v) is 8.76. The van der Waals surface area contributed by atoms with Crippen LogP contribution in [0.4, 0.5) is 0 Å². The number of carbonyl (C=O) groups excluding carboxylic acids is 1. The van der Waals surface area contributed by atoms with Crippen molar-refractivity contribution in [2.45, 2.75) is 50.7 Å². The topological polar surface area (TPSA) is 133 Å². The van der Waals surface area contributed by atoms with Gasteiger partial charge in [-0.15, -0.1) is 0 Å². The minimum atomic E-state index is -0.261. The second-order valence-electron chi connectivity index (χ2n) is 8.76. The van der Waals surface area contributed by atoms with Crippen LogP contribution in [-0.4, -0.2) is 80.9 Å². The molecule has 2 aromatic heterocycles. The molecule has 0 unspecified atom stereocenters. The van der Waals surface area contributed by atoms with Gasteiger partial charge in [-0.05, 0) is 62.7 Å². The Bertz CT molecular complexity index is 879. The van der Waals surface area contributed by atoms with E-state index >= 15 is 0 Å². The summed E-state index contributed by atoms with van der Waals surface area (Å²) in [7, 11) is 0. The van der Waals surface area contributed by atoms with Crippen LogP contribution in [0.3, 0.4) is 0 Å². The van der Waals surface area contributed by atoms with E-state index in [1.807, 2.05) is 4.90 Å². The van der Waals surface area contributed by atoms with Gasteiger partial charge in [0.1, 0.15) is 0 Å². The maximum Gasteiger partial charge on any atom is 0.290 e. The normalized spacial score (nSPS) is 27.6. The smallest absolute Gasteiger partial charge is 0.290 e. The number of furan rings is 1. The van der Waals surface area contributed by atoms with E-state index in [0.717, 1.165) is 39.0 Å². The highest BCUT2D eigenvalue weighted by Crippen LogP contribution is 2.39.